The number of hydrogen-bond donors (Lipinski definition) is 3. The van der Waals surface area contributed by atoms with E-state index in [9.17, 15) is 19.5 Å². The molecule has 1 aromatic heterocycles. The van der Waals surface area contributed by atoms with E-state index in [2.05, 4.69) is 31.5 Å². The predicted molar refractivity (Wildman–Crippen MR) is 113 cm³/mol. The van der Waals surface area contributed by atoms with Crippen molar-refractivity contribution in [2.75, 3.05) is 10.6 Å². The smallest absolute Gasteiger partial charge is 0.337 e. The van der Waals surface area contributed by atoms with Crippen LogP contribution in [0.5, 0.6) is 0 Å². The van der Waals surface area contributed by atoms with Crippen LogP contribution < -0.4 is 10.6 Å². The Labute approximate surface area is 178 Å². The highest BCUT2D eigenvalue weighted by Crippen LogP contribution is 2.22. The first-order chi connectivity index (χ1) is 13.8. The molecule has 0 atom stereocenters. The summed E-state index contributed by atoms with van der Waals surface area (Å²) in [6, 6.07) is 13.8. The fourth-order valence-corrected chi connectivity index (χ4v) is 2.92. The summed E-state index contributed by atoms with van der Waals surface area (Å²) in [4.78, 5) is 40.1. The summed E-state index contributed by atoms with van der Waals surface area (Å²) in [7, 11) is 0. The van der Waals surface area contributed by atoms with E-state index in [1.54, 1.807) is 24.3 Å². The molecule has 9 heteroatoms. The van der Waals surface area contributed by atoms with Crippen molar-refractivity contribution in [2.24, 2.45) is 0 Å². The molecule has 0 saturated heterocycles. The highest BCUT2D eigenvalue weighted by molar-refractivity contribution is 9.10. The Hall–Kier alpha value is -3.23. The second kappa shape index (κ2) is 8.85. The molecule has 7 nitrogen and oxygen atoms in total. The van der Waals surface area contributed by atoms with Crippen LogP contribution in [0.25, 0.3) is 0 Å². The molecule has 0 unspecified atom stereocenters. The number of aromatic nitrogens is 1. The minimum absolute atomic E-state index is 0.0487. The first-order valence-electron chi connectivity index (χ1n) is 8.20. The standard InChI is InChI=1S/C20H13BrClN3O4/c21-13-5-6-16(15(9-13)20(28)29)25-18(26)11-2-1-3-14(8-11)24-19(27)12-4-7-17(22)23-10-12/h1-10H,(H,24,27)(H,25,26)(H,28,29). The number of carbonyl (C=O) groups excluding carboxylic acids is 2. The third kappa shape index (κ3) is 5.18. The highest BCUT2D eigenvalue weighted by Gasteiger charge is 2.15. The number of nitrogens with one attached hydrogen (secondary N) is 2. The molecule has 0 aliphatic carbocycles. The van der Waals surface area contributed by atoms with E-state index in [0.717, 1.165) is 0 Å². The zero-order valence-electron chi connectivity index (χ0n) is 14.6. The minimum Gasteiger partial charge on any atom is -0.478 e. The molecule has 146 valence electrons. The van der Waals surface area contributed by atoms with Crippen LogP contribution in [0.1, 0.15) is 31.1 Å². The van der Waals surface area contributed by atoms with E-state index in [1.807, 2.05) is 0 Å². The molecule has 3 N–H and O–H groups in total. The van der Waals surface area contributed by atoms with E-state index in [0.29, 0.717) is 15.7 Å². The second-order valence-corrected chi connectivity index (χ2v) is 7.16. The lowest BCUT2D eigenvalue weighted by atomic mass is 10.1. The Balaban J connectivity index is 1.77. The number of rotatable bonds is 5. The SMILES string of the molecule is O=C(Nc1cccc(C(=O)Nc2ccc(Br)cc2C(=O)O)c1)c1ccc(Cl)nc1. The van der Waals surface area contributed by atoms with Gasteiger partial charge in [0.05, 0.1) is 16.8 Å². The van der Waals surface area contributed by atoms with Crippen LogP contribution in [-0.2, 0) is 0 Å². The Morgan fingerprint density at radius 2 is 1.69 bits per heavy atom. The third-order valence-corrected chi connectivity index (χ3v) is 4.55. The number of amides is 2. The number of nitrogens with zero attached hydrogens (tertiary/aromatic N) is 1. The van der Waals surface area contributed by atoms with Crippen molar-refractivity contribution < 1.29 is 19.5 Å². The van der Waals surface area contributed by atoms with Crippen LogP contribution in [0, 0.1) is 0 Å². The van der Waals surface area contributed by atoms with E-state index >= 15 is 0 Å². The number of halogens is 2. The number of aromatic carboxylic acids is 1. The molecule has 3 aromatic rings. The lowest BCUT2D eigenvalue weighted by Crippen LogP contribution is -2.16. The average Bonchev–Trinajstić information content (AvgIpc) is 2.69. The predicted octanol–water partition coefficient (Wildman–Crippen LogP) is 4.70. The number of hydrogen-bond acceptors (Lipinski definition) is 4. The van der Waals surface area contributed by atoms with Gasteiger partial charge in [0.1, 0.15) is 5.15 Å². The summed E-state index contributed by atoms with van der Waals surface area (Å²) in [6.07, 6.45) is 1.34. The second-order valence-electron chi connectivity index (χ2n) is 5.85. The Kier molecular flexibility index (Phi) is 6.26. The molecule has 0 aliphatic rings. The zero-order chi connectivity index (χ0) is 21.0. The fraction of sp³-hybridized carbons (Fsp3) is 0. The molecule has 29 heavy (non-hydrogen) atoms. The number of pyridine rings is 1. The third-order valence-electron chi connectivity index (χ3n) is 3.83. The van der Waals surface area contributed by atoms with Crippen molar-refractivity contribution in [3.05, 3.63) is 87.1 Å². The molecule has 3 rings (SSSR count). The molecular weight excluding hydrogens is 462 g/mol. The van der Waals surface area contributed by atoms with Crippen molar-refractivity contribution in [1.29, 1.82) is 0 Å². The van der Waals surface area contributed by atoms with Gasteiger partial charge in [-0.25, -0.2) is 9.78 Å². The Morgan fingerprint density at radius 1 is 0.931 bits per heavy atom. The quantitative estimate of drug-likeness (QED) is 0.465. The summed E-state index contributed by atoms with van der Waals surface area (Å²) in [5.41, 5.74) is 1.06. The topological polar surface area (TPSA) is 108 Å². The monoisotopic (exact) mass is 473 g/mol. The fourth-order valence-electron chi connectivity index (χ4n) is 2.45. The van der Waals surface area contributed by atoms with Gasteiger partial charge in [-0.05, 0) is 48.5 Å². The van der Waals surface area contributed by atoms with Gasteiger partial charge in [-0.2, -0.15) is 0 Å². The van der Waals surface area contributed by atoms with Gasteiger partial charge in [-0.15, -0.1) is 0 Å². The van der Waals surface area contributed by atoms with Crippen LogP contribution in [-0.4, -0.2) is 27.9 Å². The van der Waals surface area contributed by atoms with Gasteiger partial charge in [-0.3, -0.25) is 9.59 Å². The van der Waals surface area contributed by atoms with Gasteiger partial charge in [0.25, 0.3) is 11.8 Å². The van der Waals surface area contributed by atoms with Crippen LogP contribution in [0.4, 0.5) is 11.4 Å². The van der Waals surface area contributed by atoms with Gasteiger partial charge in [0.2, 0.25) is 0 Å². The molecule has 0 saturated carbocycles. The number of carbonyl (C=O) groups is 3. The molecule has 1 heterocycles. The van der Waals surface area contributed by atoms with Gasteiger partial charge < -0.3 is 15.7 Å². The van der Waals surface area contributed by atoms with Crippen molar-refractivity contribution in [2.45, 2.75) is 0 Å². The summed E-state index contributed by atoms with van der Waals surface area (Å²) >= 11 is 8.91. The first kappa shape index (κ1) is 20.5. The number of carboxylic acids is 1. The number of carboxylic acid groups (broad SMARTS) is 1. The molecule has 0 bridgehead atoms. The minimum atomic E-state index is -1.17. The molecule has 0 aliphatic heterocycles. The Bertz CT molecular complexity index is 1100. The lowest BCUT2D eigenvalue weighted by Gasteiger charge is -2.10. The molecule has 0 spiro atoms. The van der Waals surface area contributed by atoms with Gasteiger partial charge in [-0.1, -0.05) is 33.6 Å². The molecule has 0 radical (unpaired) electrons. The molecule has 2 amide bonds. The van der Waals surface area contributed by atoms with E-state index in [1.165, 1.54) is 36.5 Å². The van der Waals surface area contributed by atoms with Crippen molar-refractivity contribution in [3.63, 3.8) is 0 Å². The summed E-state index contributed by atoms with van der Waals surface area (Å²) in [5, 5.41) is 14.8. The number of anilines is 2. The van der Waals surface area contributed by atoms with Gasteiger partial charge in [0.15, 0.2) is 0 Å². The van der Waals surface area contributed by atoms with Crippen LogP contribution in [0.15, 0.2) is 65.3 Å². The first-order valence-corrected chi connectivity index (χ1v) is 9.38. The van der Waals surface area contributed by atoms with E-state index in [4.69, 9.17) is 11.6 Å². The summed E-state index contributed by atoms with van der Waals surface area (Å²) in [5.74, 6) is -2.09. The van der Waals surface area contributed by atoms with Crippen LogP contribution >= 0.6 is 27.5 Å². The maximum absolute atomic E-state index is 12.6. The van der Waals surface area contributed by atoms with E-state index in [-0.39, 0.29) is 22.0 Å². The van der Waals surface area contributed by atoms with Crippen molar-refractivity contribution >= 4 is 56.7 Å². The van der Waals surface area contributed by atoms with Crippen molar-refractivity contribution in [1.82, 2.24) is 4.98 Å². The maximum Gasteiger partial charge on any atom is 0.337 e. The van der Waals surface area contributed by atoms with Gasteiger partial charge >= 0.3 is 5.97 Å². The van der Waals surface area contributed by atoms with E-state index < -0.39 is 17.8 Å². The average molecular weight is 475 g/mol. The highest BCUT2D eigenvalue weighted by atomic mass is 79.9. The molecular formula is C20H13BrClN3O4. The maximum atomic E-state index is 12.6. The summed E-state index contributed by atoms with van der Waals surface area (Å²) in [6.45, 7) is 0. The van der Waals surface area contributed by atoms with Crippen molar-refractivity contribution in [3.8, 4) is 0 Å². The summed E-state index contributed by atoms with van der Waals surface area (Å²) < 4.78 is 0.578. The zero-order valence-corrected chi connectivity index (χ0v) is 17.0. The largest absolute Gasteiger partial charge is 0.478 e. The molecule has 2 aromatic carbocycles. The lowest BCUT2D eigenvalue weighted by molar-refractivity contribution is 0.0697. The van der Waals surface area contributed by atoms with Crippen LogP contribution in [0.2, 0.25) is 5.15 Å². The Morgan fingerprint density at radius 3 is 2.38 bits per heavy atom. The van der Waals surface area contributed by atoms with Crippen LogP contribution in [0.3, 0.4) is 0 Å². The van der Waals surface area contributed by atoms with Gasteiger partial charge in [0, 0.05) is 21.9 Å². The molecule has 0 fully saturated rings. The normalized spacial score (nSPS) is 10.3. The number of benzene rings is 2.